The van der Waals surface area contributed by atoms with Gasteiger partial charge in [0.05, 0.1) is 3.57 Å². The third-order valence-electron chi connectivity index (χ3n) is 3.35. The fourth-order valence-corrected chi connectivity index (χ4v) is 3.33. The van der Waals surface area contributed by atoms with Crippen LogP contribution in [0.4, 0.5) is 5.82 Å². The van der Waals surface area contributed by atoms with E-state index in [9.17, 15) is 0 Å². The van der Waals surface area contributed by atoms with Crippen LogP contribution in [-0.2, 0) is 0 Å². The summed E-state index contributed by atoms with van der Waals surface area (Å²) in [6.07, 6.45) is 8.97. The Morgan fingerprint density at radius 1 is 1.21 bits per heavy atom. The molecule has 4 heteroatoms. The molecule has 2 aliphatic rings. The first-order valence-corrected chi connectivity index (χ1v) is 6.18. The lowest BCUT2D eigenvalue weighted by molar-refractivity contribution is 0.576. The van der Waals surface area contributed by atoms with Gasteiger partial charge in [-0.05, 0) is 48.3 Å². The van der Waals surface area contributed by atoms with Crippen LogP contribution >= 0.6 is 22.6 Å². The Labute approximate surface area is 97.1 Å². The second-order valence-corrected chi connectivity index (χ2v) is 5.23. The lowest BCUT2D eigenvalue weighted by Gasteiger charge is -2.23. The van der Waals surface area contributed by atoms with Gasteiger partial charge in [-0.3, -0.25) is 0 Å². The van der Waals surface area contributed by atoms with Crippen molar-refractivity contribution in [3.8, 4) is 0 Å². The summed E-state index contributed by atoms with van der Waals surface area (Å²) < 4.78 is 1.18. The highest BCUT2D eigenvalue weighted by Crippen LogP contribution is 2.41. The monoisotopic (exact) mass is 301 g/mol. The third-order valence-corrected chi connectivity index (χ3v) is 4.11. The minimum absolute atomic E-state index is 0.753. The van der Waals surface area contributed by atoms with Gasteiger partial charge in [0, 0.05) is 18.3 Å². The number of hydrogen-bond acceptors (Lipinski definition) is 3. The Morgan fingerprint density at radius 2 is 1.86 bits per heavy atom. The van der Waals surface area contributed by atoms with Gasteiger partial charge in [-0.1, -0.05) is 0 Å². The minimum Gasteiger partial charge on any atom is -0.350 e. The van der Waals surface area contributed by atoms with E-state index in [-0.39, 0.29) is 0 Å². The van der Waals surface area contributed by atoms with Crippen molar-refractivity contribution in [2.24, 2.45) is 0 Å². The Balaban J connectivity index is 2.00. The molecule has 3 heterocycles. The predicted octanol–water partition coefficient (Wildman–Crippen LogP) is 2.21. The molecule has 1 aromatic heterocycles. The van der Waals surface area contributed by atoms with Crippen LogP contribution in [0.5, 0.6) is 0 Å². The summed E-state index contributed by atoms with van der Waals surface area (Å²) in [7, 11) is 0. The minimum atomic E-state index is 0.753. The molecule has 0 aliphatic carbocycles. The van der Waals surface area contributed by atoms with E-state index in [1.807, 2.05) is 6.20 Å². The van der Waals surface area contributed by atoms with Crippen molar-refractivity contribution in [2.45, 2.75) is 37.8 Å². The van der Waals surface area contributed by atoms with Gasteiger partial charge in [-0.15, -0.1) is 0 Å². The van der Waals surface area contributed by atoms with E-state index >= 15 is 0 Å². The largest absolute Gasteiger partial charge is 0.350 e. The smallest absolute Gasteiger partial charge is 0.145 e. The van der Waals surface area contributed by atoms with Gasteiger partial charge in [-0.25, -0.2) is 9.97 Å². The molecule has 2 saturated heterocycles. The first-order chi connectivity index (χ1) is 6.86. The van der Waals surface area contributed by atoms with E-state index in [2.05, 4.69) is 37.5 Å². The van der Waals surface area contributed by atoms with Crippen molar-refractivity contribution < 1.29 is 0 Å². The molecule has 0 saturated carbocycles. The number of fused-ring (bicyclic) bond motifs is 2. The van der Waals surface area contributed by atoms with Crippen LogP contribution in [0.15, 0.2) is 12.5 Å². The number of aromatic nitrogens is 2. The molecular weight excluding hydrogens is 289 g/mol. The molecule has 74 valence electrons. The molecular formula is C10H12IN3. The summed E-state index contributed by atoms with van der Waals surface area (Å²) in [6.45, 7) is 0. The highest BCUT2D eigenvalue weighted by molar-refractivity contribution is 14.1. The SMILES string of the molecule is Ic1cncnc1N1C2CCC1CC2. The number of rotatable bonds is 1. The Kier molecular flexibility index (Phi) is 2.11. The molecule has 0 N–H and O–H groups in total. The van der Waals surface area contributed by atoms with Crippen LogP contribution in [0.1, 0.15) is 25.7 Å². The molecule has 0 aromatic carbocycles. The van der Waals surface area contributed by atoms with Crippen LogP contribution < -0.4 is 4.90 Å². The summed E-state index contributed by atoms with van der Waals surface area (Å²) in [5.41, 5.74) is 0. The first kappa shape index (κ1) is 8.88. The van der Waals surface area contributed by atoms with Gasteiger partial charge >= 0.3 is 0 Å². The zero-order valence-corrected chi connectivity index (χ0v) is 10.0. The molecule has 0 spiro atoms. The number of halogens is 1. The number of hydrogen-bond donors (Lipinski definition) is 0. The molecule has 3 rings (SSSR count). The van der Waals surface area contributed by atoms with E-state index in [0.29, 0.717) is 0 Å². The van der Waals surface area contributed by atoms with Gasteiger partial charge in [0.1, 0.15) is 12.1 Å². The highest BCUT2D eigenvalue weighted by Gasteiger charge is 2.40. The molecule has 1 aromatic rings. The average molecular weight is 301 g/mol. The lowest BCUT2D eigenvalue weighted by atomic mass is 10.0. The predicted molar refractivity (Wildman–Crippen MR) is 63.3 cm³/mol. The van der Waals surface area contributed by atoms with E-state index in [1.54, 1.807) is 6.33 Å². The summed E-state index contributed by atoms with van der Waals surface area (Å²) in [6, 6.07) is 1.51. The van der Waals surface area contributed by atoms with Crippen molar-refractivity contribution in [3.63, 3.8) is 0 Å². The van der Waals surface area contributed by atoms with Crippen molar-refractivity contribution >= 4 is 28.4 Å². The average Bonchev–Trinajstić information content (AvgIpc) is 2.78. The molecule has 2 bridgehead atoms. The topological polar surface area (TPSA) is 29.0 Å². The Hall–Kier alpha value is -0.390. The van der Waals surface area contributed by atoms with Gasteiger partial charge in [-0.2, -0.15) is 0 Å². The summed E-state index contributed by atoms with van der Waals surface area (Å²) in [5.74, 6) is 1.16. The van der Waals surface area contributed by atoms with E-state index in [0.717, 1.165) is 17.9 Å². The van der Waals surface area contributed by atoms with E-state index in [4.69, 9.17) is 0 Å². The van der Waals surface area contributed by atoms with Crippen molar-refractivity contribution in [1.82, 2.24) is 9.97 Å². The Bertz CT molecular complexity index is 335. The van der Waals surface area contributed by atoms with Crippen molar-refractivity contribution in [3.05, 3.63) is 16.1 Å². The number of anilines is 1. The van der Waals surface area contributed by atoms with Crippen molar-refractivity contribution in [1.29, 1.82) is 0 Å². The maximum Gasteiger partial charge on any atom is 0.145 e. The summed E-state index contributed by atoms with van der Waals surface area (Å²) >= 11 is 2.33. The van der Waals surface area contributed by atoms with Crippen LogP contribution in [0.25, 0.3) is 0 Å². The second kappa shape index (κ2) is 3.32. The summed E-state index contributed by atoms with van der Waals surface area (Å²) in [5, 5.41) is 0. The molecule has 0 unspecified atom stereocenters. The van der Waals surface area contributed by atoms with Crippen LogP contribution in [-0.4, -0.2) is 22.1 Å². The summed E-state index contributed by atoms with van der Waals surface area (Å²) in [4.78, 5) is 11.0. The highest BCUT2D eigenvalue weighted by atomic mass is 127. The van der Waals surface area contributed by atoms with Crippen LogP contribution in [0, 0.1) is 3.57 Å². The zero-order chi connectivity index (χ0) is 9.54. The quantitative estimate of drug-likeness (QED) is 0.745. The molecule has 14 heavy (non-hydrogen) atoms. The zero-order valence-electron chi connectivity index (χ0n) is 7.86. The maximum atomic E-state index is 4.41. The number of nitrogens with zero attached hydrogens (tertiary/aromatic N) is 3. The first-order valence-electron chi connectivity index (χ1n) is 5.10. The fraction of sp³-hybridized carbons (Fsp3) is 0.600. The molecule has 3 nitrogen and oxygen atoms in total. The molecule has 0 amide bonds. The van der Waals surface area contributed by atoms with Crippen molar-refractivity contribution in [2.75, 3.05) is 4.90 Å². The normalized spacial score (nSPS) is 29.9. The van der Waals surface area contributed by atoms with Crippen LogP contribution in [0.3, 0.4) is 0 Å². The van der Waals surface area contributed by atoms with Gasteiger partial charge in [0.25, 0.3) is 0 Å². The fourth-order valence-electron chi connectivity index (χ4n) is 2.75. The molecule has 0 radical (unpaired) electrons. The van der Waals surface area contributed by atoms with Crippen LogP contribution in [0.2, 0.25) is 0 Å². The van der Waals surface area contributed by atoms with Gasteiger partial charge in [0.2, 0.25) is 0 Å². The molecule has 2 aliphatic heterocycles. The molecule has 2 fully saturated rings. The maximum absolute atomic E-state index is 4.41. The van der Waals surface area contributed by atoms with E-state index in [1.165, 1.54) is 29.3 Å². The van der Waals surface area contributed by atoms with E-state index < -0.39 is 0 Å². The van der Waals surface area contributed by atoms with Gasteiger partial charge < -0.3 is 4.90 Å². The standard InChI is InChI=1S/C10H12IN3/c11-9-5-12-6-13-10(9)14-7-1-2-8(14)4-3-7/h5-8H,1-4H2. The molecule has 0 atom stereocenters. The second-order valence-electron chi connectivity index (χ2n) is 4.06. The Morgan fingerprint density at radius 3 is 2.43 bits per heavy atom. The van der Waals surface area contributed by atoms with Gasteiger partial charge in [0.15, 0.2) is 0 Å². The lowest BCUT2D eigenvalue weighted by Crippen LogP contribution is -2.29. The third kappa shape index (κ3) is 1.23.